The van der Waals surface area contributed by atoms with Gasteiger partial charge in [-0.3, -0.25) is 14.6 Å². The van der Waals surface area contributed by atoms with E-state index in [1.165, 1.54) is 16.7 Å². The van der Waals surface area contributed by atoms with E-state index in [-0.39, 0.29) is 5.91 Å². The standard InChI is InChI=1S/C23H29N3O2/c27-23(24-10-8-19-4-2-1-3-5-19)18-26-13-11-25(12-14-26)17-20-6-7-22-21(16-20)9-15-28-22/h1-7,16H,8-15,17-18H2,(H,24,27). The maximum atomic E-state index is 12.2. The number of nitrogens with zero attached hydrogens (tertiary/aromatic N) is 2. The third kappa shape index (κ3) is 5.12. The first-order chi connectivity index (χ1) is 13.8. The van der Waals surface area contributed by atoms with Gasteiger partial charge in [0.25, 0.3) is 0 Å². The second-order valence-corrected chi connectivity index (χ2v) is 7.68. The summed E-state index contributed by atoms with van der Waals surface area (Å²) >= 11 is 0. The van der Waals surface area contributed by atoms with Crippen molar-refractivity contribution in [3.63, 3.8) is 0 Å². The summed E-state index contributed by atoms with van der Waals surface area (Å²) < 4.78 is 5.59. The lowest BCUT2D eigenvalue weighted by molar-refractivity contribution is -0.122. The van der Waals surface area contributed by atoms with Crippen LogP contribution in [0.25, 0.3) is 0 Å². The van der Waals surface area contributed by atoms with Crippen molar-refractivity contribution in [2.24, 2.45) is 0 Å². The van der Waals surface area contributed by atoms with Crippen molar-refractivity contribution in [1.29, 1.82) is 0 Å². The topological polar surface area (TPSA) is 44.8 Å². The van der Waals surface area contributed by atoms with Gasteiger partial charge in [-0.25, -0.2) is 0 Å². The fraction of sp³-hybridized carbons (Fsp3) is 0.435. The molecule has 0 saturated carbocycles. The molecule has 0 radical (unpaired) electrons. The van der Waals surface area contributed by atoms with Gasteiger partial charge in [-0.15, -0.1) is 0 Å². The van der Waals surface area contributed by atoms with Crippen LogP contribution < -0.4 is 10.1 Å². The van der Waals surface area contributed by atoms with Crippen LogP contribution in [0.15, 0.2) is 48.5 Å². The molecular formula is C23H29N3O2. The Hall–Kier alpha value is -2.37. The van der Waals surface area contributed by atoms with Gasteiger partial charge in [-0.05, 0) is 29.2 Å². The Balaban J connectivity index is 1.15. The quantitative estimate of drug-likeness (QED) is 0.800. The fourth-order valence-corrected chi connectivity index (χ4v) is 3.95. The van der Waals surface area contributed by atoms with E-state index < -0.39 is 0 Å². The van der Waals surface area contributed by atoms with Gasteiger partial charge in [0.15, 0.2) is 0 Å². The molecule has 2 aromatic rings. The predicted molar refractivity (Wildman–Crippen MR) is 111 cm³/mol. The summed E-state index contributed by atoms with van der Waals surface area (Å²) in [6.07, 6.45) is 1.91. The molecule has 1 saturated heterocycles. The first kappa shape index (κ1) is 19.0. The van der Waals surface area contributed by atoms with Gasteiger partial charge in [-0.1, -0.05) is 42.5 Å². The van der Waals surface area contributed by atoms with Crippen molar-refractivity contribution >= 4 is 5.91 Å². The lowest BCUT2D eigenvalue weighted by Gasteiger charge is -2.34. The van der Waals surface area contributed by atoms with Crippen LogP contribution in [0.2, 0.25) is 0 Å². The van der Waals surface area contributed by atoms with Crippen molar-refractivity contribution in [2.45, 2.75) is 19.4 Å². The first-order valence-electron chi connectivity index (χ1n) is 10.3. The summed E-state index contributed by atoms with van der Waals surface area (Å²) in [5, 5.41) is 3.05. The van der Waals surface area contributed by atoms with Crippen LogP contribution in [-0.2, 0) is 24.2 Å². The van der Waals surface area contributed by atoms with Crippen molar-refractivity contribution in [3.05, 3.63) is 65.2 Å². The van der Waals surface area contributed by atoms with E-state index in [1.54, 1.807) is 0 Å². The molecule has 5 nitrogen and oxygen atoms in total. The highest BCUT2D eigenvalue weighted by molar-refractivity contribution is 5.78. The molecule has 5 heteroatoms. The van der Waals surface area contributed by atoms with Crippen LogP contribution in [-0.4, -0.2) is 61.6 Å². The van der Waals surface area contributed by atoms with E-state index in [0.29, 0.717) is 13.1 Å². The number of rotatable bonds is 7. The average molecular weight is 380 g/mol. The summed E-state index contributed by atoms with van der Waals surface area (Å²) in [4.78, 5) is 16.9. The predicted octanol–water partition coefficient (Wildman–Crippen LogP) is 2.10. The van der Waals surface area contributed by atoms with E-state index >= 15 is 0 Å². The molecule has 28 heavy (non-hydrogen) atoms. The minimum Gasteiger partial charge on any atom is -0.493 e. The van der Waals surface area contributed by atoms with Crippen molar-refractivity contribution in [1.82, 2.24) is 15.1 Å². The van der Waals surface area contributed by atoms with E-state index in [2.05, 4.69) is 45.4 Å². The Bertz CT molecular complexity index is 786. The molecule has 2 aliphatic rings. The molecule has 1 amide bonds. The zero-order valence-corrected chi connectivity index (χ0v) is 16.4. The minimum absolute atomic E-state index is 0.128. The highest BCUT2D eigenvalue weighted by Gasteiger charge is 2.20. The molecule has 0 atom stereocenters. The van der Waals surface area contributed by atoms with Crippen LogP contribution in [0.4, 0.5) is 0 Å². The lowest BCUT2D eigenvalue weighted by Crippen LogP contribution is -2.49. The van der Waals surface area contributed by atoms with Crippen LogP contribution in [0.1, 0.15) is 16.7 Å². The number of carbonyl (C=O) groups excluding carboxylic acids is 1. The Kier molecular flexibility index (Phi) is 6.24. The Morgan fingerprint density at radius 2 is 1.75 bits per heavy atom. The van der Waals surface area contributed by atoms with Crippen LogP contribution >= 0.6 is 0 Å². The summed E-state index contributed by atoms with van der Waals surface area (Å²) in [6, 6.07) is 16.8. The Morgan fingerprint density at radius 3 is 2.57 bits per heavy atom. The summed E-state index contributed by atoms with van der Waals surface area (Å²) in [5.74, 6) is 1.18. The largest absolute Gasteiger partial charge is 0.493 e. The molecule has 0 bridgehead atoms. The molecule has 0 unspecified atom stereocenters. The highest BCUT2D eigenvalue weighted by atomic mass is 16.5. The van der Waals surface area contributed by atoms with Crippen LogP contribution in [0.5, 0.6) is 5.75 Å². The molecular weight excluding hydrogens is 350 g/mol. The third-order valence-electron chi connectivity index (χ3n) is 5.57. The molecule has 1 N–H and O–H groups in total. The minimum atomic E-state index is 0.128. The van der Waals surface area contributed by atoms with Crippen molar-refractivity contribution in [2.75, 3.05) is 45.9 Å². The number of ether oxygens (including phenoxy) is 1. The van der Waals surface area contributed by atoms with Crippen molar-refractivity contribution < 1.29 is 9.53 Å². The van der Waals surface area contributed by atoms with E-state index in [0.717, 1.165) is 57.9 Å². The lowest BCUT2D eigenvalue weighted by atomic mass is 10.1. The number of carbonyl (C=O) groups is 1. The smallest absolute Gasteiger partial charge is 0.234 e. The van der Waals surface area contributed by atoms with Gasteiger partial charge in [-0.2, -0.15) is 0 Å². The molecule has 0 spiro atoms. The van der Waals surface area contributed by atoms with Gasteiger partial charge < -0.3 is 10.1 Å². The second-order valence-electron chi connectivity index (χ2n) is 7.68. The molecule has 1 fully saturated rings. The van der Waals surface area contributed by atoms with Gasteiger partial charge in [0.1, 0.15) is 5.75 Å². The SMILES string of the molecule is O=C(CN1CCN(Cc2ccc3c(c2)CCO3)CC1)NCCc1ccccc1. The summed E-state index contributed by atoms with van der Waals surface area (Å²) in [7, 11) is 0. The van der Waals surface area contributed by atoms with Gasteiger partial charge >= 0.3 is 0 Å². The summed E-state index contributed by atoms with van der Waals surface area (Å²) in [5.41, 5.74) is 3.95. The summed E-state index contributed by atoms with van der Waals surface area (Å²) in [6.45, 7) is 6.88. The van der Waals surface area contributed by atoms with E-state index in [9.17, 15) is 4.79 Å². The van der Waals surface area contributed by atoms with E-state index in [1.807, 2.05) is 18.2 Å². The molecule has 0 aliphatic carbocycles. The second kappa shape index (κ2) is 9.22. The molecule has 2 aromatic carbocycles. The third-order valence-corrected chi connectivity index (χ3v) is 5.57. The maximum Gasteiger partial charge on any atom is 0.234 e. The average Bonchev–Trinajstić information content (AvgIpc) is 3.18. The first-order valence-corrected chi connectivity index (χ1v) is 10.3. The fourth-order valence-electron chi connectivity index (χ4n) is 3.95. The molecule has 4 rings (SSSR count). The molecule has 0 aromatic heterocycles. The zero-order valence-electron chi connectivity index (χ0n) is 16.4. The van der Waals surface area contributed by atoms with Crippen molar-refractivity contribution in [3.8, 4) is 5.75 Å². The Labute approximate surface area is 167 Å². The number of amides is 1. The Morgan fingerprint density at radius 1 is 0.964 bits per heavy atom. The number of nitrogens with one attached hydrogen (secondary N) is 1. The molecule has 2 heterocycles. The molecule has 2 aliphatic heterocycles. The highest BCUT2D eigenvalue weighted by Crippen LogP contribution is 2.26. The number of hydrogen-bond acceptors (Lipinski definition) is 4. The number of benzene rings is 2. The number of hydrogen-bond donors (Lipinski definition) is 1. The van der Waals surface area contributed by atoms with Gasteiger partial charge in [0.05, 0.1) is 13.2 Å². The van der Waals surface area contributed by atoms with Gasteiger partial charge in [0.2, 0.25) is 5.91 Å². The van der Waals surface area contributed by atoms with Crippen LogP contribution in [0.3, 0.4) is 0 Å². The van der Waals surface area contributed by atoms with Gasteiger partial charge in [0, 0.05) is 45.7 Å². The zero-order chi connectivity index (χ0) is 19.2. The van der Waals surface area contributed by atoms with Crippen LogP contribution in [0, 0.1) is 0 Å². The number of fused-ring (bicyclic) bond motifs is 1. The normalized spacial score (nSPS) is 17.1. The maximum absolute atomic E-state index is 12.2. The van der Waals surface area contributed by atoms with E-state index in [4.69, 9.17) is 4.74 Å². The molecule has 148 valence electrons. The number of piperazine rings is 1. The monoisotopic (exact) mass is 379 g/mol.